The van der Waals surface area contributed by atoms with Crippen molar-refractivity contribution in [2.45, 2.75) is 25.3 Å². The van der Waals surface area contributed by atoms with Gasteiger partial charge in [0.15, 0.2) is 0 Å². The summed E-state index contributed by atoms with van der Waals surface area (Å²) in [7, 11) is 0. The van der Waals surface area contributed by atoms with Crippen LogP contribution in [-0.4, -0.2) is 19.3 Å². The minimum Gasteiger partial charge on any atom is -0.399 e. The molecule has 94 valence electrons. The summed E-state index contributed by atoms with van der Waals surface area (Å²) in [6, 6.07) is 4.64. The number of hydrogen-bond acceptors (Lipinski definition) is 3. The quantitative estimate of drug-likeness (QED) is 0.801. The number of nitrogens with one attached hydrogen (secondary N) is 1. The lowest BCUT2D eigenvalue weighted by molar-refractivity contribution is 0.0873. The van der Waals surface area contributed by atoms with E-state index in [1.807, 2.05) is 0 Å². The monoisotopic (exact) mass is 242 g/mol. The van der Waals surface area contributed by atoms with Gasteiger partial charge in [-0.15, -0.1) is 0 Å². The van der Waals surface area contributed by atoms with Gasteiger partial charge in [0.25, 0.3) is 6.43 Å². The number of ether oxygens (including phenoxy) is 1. The minimum atomic E-state index is -2.52. The first-order valence-electron chi connectivity index (χ1n) is 5.68. The molecule has 1 saturated heterocycles. The van der Waals surface area contributed by atoms with Crippen molar-refractivity contribution in [3.05, 3.63) is 23.8 Å². The molecule has 0 aromatic heterocycles. The van der Waals surface area contributed by atoms with Crippen LogP contribution in [0.25, 0.3) is 0 Å². The minimum absolute atomic E-state index is 0.0458. The Bertz CT molecular complexity index is 379. The average molecular weight is 242 g/mol. The Hall–Kier alpha value is -1.36. The molecule has 0 amide bonds. The summed E-state index contributed by atoms with van der Waals surface area (Å²) in [6.07, 6.45) is -0.630. The molecule has 0 aliphatic carbocycles. The fourth-order valence-corrected chi connectivity index (χ4v) is 1.97. The molecule has 2 rings (SSSR count). The maximum Gasteiger partial charge on any atom is 0.265 e. The molecule has 1 heterocycles. The van der Waals surface area contributed by atoms with E-state index < -0.39 is 6.43 Å². The van der Waals surface area contributed by atoms with E-state index in [9.17, 15) is 8.78 Å². The molecule has 1 atom stereocenters. The highest BCUT2D eigenvalue weighted by atomic mass is 19.3. The van der Waals surface area contributed by atoms with E-state index in [4.69, 9.17) is 10.5 Å². The SMILES string of the molecule is Nc1ccc(NC2CCCOC2)c(C(F)F)c1. The van der Waals surface area contributed by atoms with Crippen molar-refractivity contribution < 1.29 is 13.5 Å². The van der Waals surface area contributed by atoms with Gasteiger partial charge >= 0.3 is 0 Å². The van der Waals surface area contributed by atoms with E-state index in [1.54, 1.807) is 12.1 Å². The molecule has 0 radical (unpaired) electrons. The van der Waals surface area contributed by atoms with Crippen LogP contribution in [0.2, 0.25) is 0 Å². The van der Waals surface area contributed by atoms with Crippen molar-refractivity contribution in [3.8, 4) is 0 Å². The predicted octanol–water partition coefficient (Wildman–Crippen LogP) is 2.80. The predicted molar refractivity (Wildman–Crippen MR) is 63.3 cm³/mol. The smallest absolute Gasteiger partial charge is 0.265 e. The lowest BCUT2D eigenvalue weighted by Gasteiger charge is -2.25. The van der Waals surface area contributed by atoms with Crippen molar-refractivity contribution >= 4 is 11.4 Å². The molecule has 1 unspecified atom stereocenters. The van der Waals surface area contributed by atoms with Crippen LogP contribution >= 0.6 is 0 Å². The van der Waals surface area contributed by atoms with Gasteiger partial charge in [-0.3, -0.25) is 0 Å². The van der Waals surface area contributed by atoms with Gasteiger partial charge in [-0.2, -0.15) is 0 Å². The fourth-order valence-electron chi connectivity index (χ4n) is 1.97. The number of hydrogen-bond donors (Lipinski definition) is 2. The number of anilines is 2. The van der Waals surface area contributed by atoms with E-state index in [0.717, 1.165) is 19.4 Å². The van der Waals surface area contributed by atoms with Gasteiger partial charge in [0.1, 0.15) is 0 Å². The molecule has 5 heteroatoms. The van der Waals surface area contributed by atoms with E-state index in [-0.39, 0.29) is 11.6 Å². The molecule has 17 heavy (non-hydrogen) atoms. The summed E-state index contributed by atoms with van der Waals surface area (Å²) in [6.45, 7) is 1.31. The van der Waals surface area contributed by atoms with Crippen molar-refractivity contribution in [3.63, 3.8) is 0 Å². The highest BCUT2D eigenvalue weighted by molar-refractivity contribution is 5.59. The van der Waals surface area contributed by atoms with Crippen molar-refractivity contribution in [1.29, 1.82) is 0 Å². The van der Waals surface area contributed by atoms with Crippen molar-refractivity contribution in [1.82, 2.24) is 0 Å². The molecule has 3 N–H and O–H groups in total. The zero-order chi connectivity index (χ0) is 12.3. The summed E-state index contributed by atoms with van der Waals surface area (Å²) in [5, 5.41) is 3.10. The van der Waals surface area contributed by atoms with E-state index in [1.165, 1.54) is 6.07 Å². The van der Waals surface area contributed by atoms with Gasteiger partial charge in [-0.05, 0) is 31.0 Å². The number of nitrogen functional groups attached to an aromatic ring is 1. The normalized spacial score (nSPS) is 20.5. The Kier molecular flexibility index (Phi) is 3.78. The van der Waals surface area contributed by atoms with Gasteiger partial charge in [0.05, 0.1) is 6.61 Å². The topological polar surface area (TPSA) is 47.3 Å². The number of rotatable bonds is 3. The molecule has 1 aliphatic rings. The van der Waals surface area contributed by atoms with Crippen LogP contribution in [0, 0.1) is 0 Å². The number of benzene rings is 1. The molecule has 0 saturated carbocycles. The van der Waals surface area contributed by atoms with Crippen LogP contribution in [0.15, 0.2) is 18.2 Å². The second-order valence-electron chi connectivity index (χ2n) is 4.21. The molecule has 1 aliphatic heterocycles. The maximum absolute atomic E-state index is 12.8. The van der Waals surface area contributed by atoms with Crippen molar-refractivity contribution in [2.75, 3.05) is 24.3 Å². The summed E-state index contributed by atoms with van der Waals surface area (Å²) in [5.41, 5.74) is 6.27. The largest absolute Gasteiger partial charge is 0.399 e. The lowest BCUT2D eigenvalue weighted by atomic mass is 10.1. The average Bonchev–Trinajstić information content (AvgIpc) is 2.32. The lowest BCUT2D eigenvalue weighted by Crippen LogP contribution is -2.30. The molecule has 1 fully saturated rings. The zero-order valence-electron chi connectivity index (χ0n) is 9.46. The molecule has 0 bridgehead atoms. The van der Waals surface area contributed by atoms with Gasteiger partial charge in [-0.1, -0.05) is 0 Å². The second-order valence-corrected chi connectivity index (χ2v) is 4.21. The Morgan fingerprint density at radius 1 is 1.41 bits per heavy atom. The Labute approximate surface area is 98.9 Å². The molecule has 3 nitrogen and oxygen atoms in total. The van der Waals surface area contributed by atoms with Gasteiger partial charge < -0.3 is 15.8 Å². The summed E-state index contributed by atoms with van der Waals surface area (Å²) < 4.78 is 31.0. The molecular weight excluding hydrogens is 226 g/mol. The van der Waals surface area contributed by atoms with Gasteiger partial charge in [0.2, 0.25) is 0 Å². The Morgan fingerprint density at radius 3 is 2.88 bits per heavy atom. The van der Waals surface area contributed by atoms with E-state index in [2.05, 4.69) is 5.32 Å². The third-order valence-corrected chi connectivity index (χ3v) is 2.83. The first-order chi connectivity index (χ1) is 8.16. The van der Waals surface area contributed by atoms with Crippen LogP contribution in [0.5, 0.6) is 0 Å². The van der Waals surface area contributed by atoms with E-state index in [0.29, 0.717) is 18.0 Å². The zero-order valence-corrected chi connectivity index (χ0v) is 9.46. The molecular formula is C12H16F2N2O. The Morgan fingerprint density at radius 2 is 2.24 bits per heavy atom. The Balaban J connectivity index is 2.13. The fraction of sp³-hybridized carbons (Fsp3) is 0.500. The van der Waals surface area contributed by atoms with Gasteiger partial charge in [0, 0.05) is 29.6 Å². The van der Waals surface area contributed by atoms with Crippen molar-refractivity contribution in [2.24, 2.45) is 0 Å². The standard InChI is InChI=1S/C12H16F2N2O/c13-12(14)10-6-8(15)3-4-11(10)16-9-2-1-5-17-7-9/h3-4,6,9,12,16H,1-2,5,7,15H2. The van der Waals surface area contributed by atoms with Gasteiger partial charge in [-0.25, -0.2) is 8.78 Å². The molecule has 0 spiro atoms. The third kappa shape index (κ3) is 3.06. The summed E-state index contributed by atoms with van der Waals surface area (Å²) in [5.74, 6) is 0. The summed E-state index contributed by atoms with van der Waals surface area (Å²) >= 11 is 0. The first-order valence-corrected chi connectivity index (χ1v) is 5.68. The van der Waals surface area contributed by atoms with Crippen LogP contribution < -0.4 is 11.1 Å². The number of nitrogens with two attached hydrogens (primary N) is 1. The highest BCUT2D eigenvalue weighted by Gasteiger charge is 2.18. The number of alkyl halides is 2. The number of halogens is 2. The second kappa shape index (κ2) is 5.31. The third-order valence-electron chi connectivity index (χ3n) is 2.83. The van der Waals surface area contributed by atoms with E-state index >= 15 is 0 Å². The molecule has 1 aromatic carbocycles. The first kappa shape index (κ1) is 12.1. The van der Waals surface area contributed by atoms with Crippen LogP contribution in [-0.2, 0) is 4.74 Å². The highest BCUT2D eigenvalue weighted by Crippen LogP contribution is 2.30. The molecule has 1 aromatic rings. The van der Waals surface area contributed by atoms with Crippen LogP contribution in [0.3, 0.4) is 0 Å². The maximum atomic E-state index is 12.8. The van der Waals surface area contributed by atoms with Crippen LogP contribution in [0.1, 0.15) is 24.8 Å². The van der Waals surface area contributed by atoms with Crippen LogP contribution in [0.4, 0.5) is 20.2 Å². The summed E-state index contributed by atoms with van der Waals surface area (Å²) in [4.78, 5) is 0.